The van der Waals surface area contributed by atoms with Crippen LogP contribution in [0.2, 0.25) is 0 Å². The van der Waals surface area contributed by atoms with E-state index >= 15 is 0 Å². The van der Waals surface area contributed by atoms with Crippen LogP contribution in [0.25, 0.3) is 0 Å². The van der Waals surface area contributed by atoms with Crippen molar-refractivity contribution in [2.75, 3.05) is 18.5 Å². The maximum absolute atomic E-state index is 13.1. The predicted molar refractivity (Wildman–Crippen MR) is 70.7 cm³/mol. The van der Waals surface area contributed by atoms with Crippen molar-refractivity contribution in [1.29, 1.82) is 0 Å². The van der Waals surface area contributed by atoms with Crippen LogP contribution in [0.5, 0.6) is 0 Å². The average molecular weight is 256 g/mol. The van der Waals surface area contributed by atoms with Crippen molar-refractivity contribution in [2.45, 2.75) is 18.6 Å². The minimum Gasteiger partial charge on any atom is -0.399 e. The van der Waals surface area contributed by atoms with Crippen LogP contribution in [0.1, 0.15) is 24.2 Å². The molecule has 0 heterocycles. The lowest BCUT2D eigenvalue weighted by Crippen LogP contribution is -2.36. The first-order chi connectivity index (χ1) is 7.84. The minimum absolute atomic E-state index is 0.0471. The van der Waals surface area contributed by atoms with Crippen molar-refractivity contribution < 1.29 is 9.18 Å². The third-order valence-corrected chi connectivity index (χ3v) is 3.66. The van der Waals surface area contributed by atoms with Gasteiger partial charge in [0, 0.05) is 22.5 Å². The molecule has 3 nitrogen and oxygen atoms in total. The van der Waals surface area contributed by atoms with E-state index in [1.54, 1.807) is 11.8 Å². The number of nitrogens with one attached hydrogen (secondary N) is 1. The van der Waals surface area contributed by atoms with Crippen LogP contribution in [-0.4, -0.2) is 23.5 Å². The van der Waals surface area contributed by atoms with Crippen molar-refractivity contribution in [3.05, 3.63) is 29.6 Å². The van der Waals surface area contributed by atoms with Gasteiger partial charge in [-0.2, -0.15) is 11.8 Å². The van der Waals surface area contributed by atoms with E-state index in [1.165, 1.54) is 18.2 Å². The minimum atomic E-state index is -0.501. The molecule has 1 rings (SSSR count). The summed E-state index contributed by atoms with van der Waals surface area (Å²) in [4.78, 5) is 11.8. The highest BCUT2D eigenvalue weighted by Gasteiger charge is 2.17. The molecule has 0 aromatic heterocycles. The number of benzene rings is 1. The zero-order chi connectivity index (χ0) is 13.1. The molecule has 94 valence electrons. The maximum atomic E-state index is 13.1. The molecule has 3 N–H and O–H groups in total. The number of nitrogens with two attached hydrogens (primary N) is 1. The SMILES string of the molecule is CSC(C)(C)CNC(=O)c1cc(N)cc(F)c1. The Morgan fingerprint density at radius 3 is 2.65 bits per heavy atom. The summed E-state index contributed by atoms with van der Waals surface area (Å²) in [6.07, 6.45) is 1.98. The molecule has 0 aliphatic heterocycles. The molecule has 0 spiro atoms. The summed E-state index contributed by atoms with van der Waals surface area (Å²) in [5.41, 5.74) is 5.98. The third-order valence-electron chi connectivity index (χ3n) is 2.41. The molecule has 5 heteroatoms. The Morgan fingerprint density at radius 1 is 1.47 bits per heavy atom. The molecule has 1 aromatic rings. The van der Waals surface area contributed by atoms with Gasteiger partial charge in [0.25, 0.3) is 5.91 Å². The van der Waals surface area contributed by atoms with Gasteiger partial charge < -0.3 is 11.1 Å². The van der Waals surface area contributed by atoms with E-state index in [-0.39, 0.29) is 21.9 Å². The van der Waals surface area contributed by atoms with Crippen molar-refractivity contribution in [1.82, 2.24) is 5.32 Å². The molecule has 1 aromatic carbocycles. The highest BCUT2D eigenvalue weighted by Crippen LogP contribution is 2.20. The Morgan fingerprint density at radius 2 is 2.12 bits per heavy atom. The molecule has 0 unspecified atom stereocenters. The van der Waals surface area contributed by atoms with Gasteiger partial charge in [0.15, 0.2) is 0 Å². The Balaban J connectivity index is 2.70. The molecule has 0 fully saturated rings. The molecule has 1 amide bonds. The summed E-state index contributed by atoms with van der Waals surface area (Å²) in [6.45, 7) is 4.57. The lowest BCUT2D eigenvalue weighted by atomic mass is 10.1. The molecule has 0 bridgehead atoms. The molecule has 0 radical (unpaired) electrons. The van der Waals surface area contributed by atoms with Crippen LogP contribution >= 0.6 is 11.8 Å². The molecular formula is C12H17FN2OS. The fourth-order valence-electron chi connectivity index (χ4n) is 1.21. The molecule has 0 aliphatic carbocycles. The van der Waals surface area contributed by atoms with Crippen LogP contribution in [-0.2, 0) is 0 Å². The van der Waals surface area contributed by atoms with Gasteiger partial charge in [-0.3, -0.25) is 4.79 Å². The summed E-state index contributed by atoms with van der Waals surface area (Å²) in [5.74, 6) is -0.808. The second-order valence-corrected chi connectivity index (χ2v) is 5.93. The number of hydrogen-bond donors (Lipinski definition) is 2. The number of carbonyl (C=O) groups is 1. The number of halogens is 1. The maximum Gasteiger partial charge on any atom is 0.251 e. The largest absolute Gasteiger partial charge is 0.399 e. The van der Waals surface area contributed by atoms with Crippen LogP contribution in [0.3, 0.4) is 0 Å². The number of thioether (sulfide) groups is 1. The number of hydrogen-bond acceptors (Lipinski definition) is 3. The van der Waals surface area contributed by atoms with Gasteiger partial charge in [0.05, 0.1) is 0 Å². The fourth-order valence-corrected chi connectivity index (χ4v) is 1.43. The predicted octanol–water partition coefficient (Wildman–Crippen LogP) is 2.28. The zero-order valence-corrected chi connectivity index (χ0v) is 11.0. The Labute approximate surface area is 105 Å². The van der Waals surface area contributed by atoms with Gasteiger partial charge in [-0.1, -0.05) is 0 Å². The number of nitrogen functional groups attached to an aromatic ring is 1. The van der Waals surface area contributed by atoms with Gasteiger partial charge in [0.1, 0.15) is 5.82 Å². The summed E-state index contributed by atoms with van der Waals surface area (Å²) >= 11 is 1.66. The number of anilines is 1. The normalized spacial score (nSPS) is 11.3. The number of amides is 1. The Kier molecular flexibility index (Phi) is 4.40. The van der Waals surface area contributed by atoms with Gasteiger partial charge in [-0.15, -0.1) is 0 Å². The van der Waals surface area contributed by atoms with E-state index in [0.717, 1.165) is 0 Å². The zero-order valence-electron chi connectivity index (χ0n) is 10.2. The molecule has 0 aliphatic rings. The summed E-state index contributed by atoms with van der Waals surface area (Å²) < 4.78 is 13.0. The number of carbonyl (C=O) groups excluding carboxylic acids is 1. The average Bonchev–Trinajstić information content (AvgIpc) is 2.24. The van der Waals surface area contributed by atoms with Gasteiger partial charge in [-0.25, -0.2) is 4.39 Å². The van der Waals surface area contributed by atoms with E-state index in [4.69, 9.17) is 5.73 Å². The first-order valence-corrected chi connectivity index (χ1v) is 6.46. The quantitative estimate of drug-likeness (QED) is 0.813. The van der Waals surface area contributed by atoms with E-state index in [2.05, 4.69) is 5.32 Å². The van der Waals surface area contributed by atoms with Crippen LogP contribution in [0, 0.1) is 5.82 Å². The van der Waals surface area contributed by atoms with Crippen molar-refractivity contribution in [3.8, 4) is 0 Å². The smallest absolute Gasteiger partial charge is 0.251 e. The van der Waals surface area contributed by atoms with E-state index in [0.29, 0.717) is 6.54 Å². The van der Waals surface area contributed by atoms with Crippen molar-refractivity contribution in [3.63, 3.8) is 0 Å². The van der Waals surface area contributed by atoms with Crippen molar-refractivity contribution >= 4 is 23.4 Å². The first-order valence-electron chi connectivity index (χ1n) is 5.23. The van der Waals surface area contributed by atoms with Crippen LogP contribution < -0.4 is 11.1 Å². The number of rotatable bonds is 4. The summed E-state index contributed by atoms with van der Waals surface area (Å²) in [6, 6.07) is 3.82. The fraction of sp³-hybridized carbons (Fsp3) is 0.417. The molecular weight excluding hydrogens is 239 g/mol. The molecule has 0 atom stereocenters. The van der Waals surface area contributed by atoms with E-state index < -0.39 is 5.82 Å². The standard InChI is InChI=1S/C12H17FN2OS/c1-12(2,17-3)7-15-11(16)8-4-9(13)6-10(14)5-8/h4-6H,7,14H2,1-3H3,(H,15,16). The lowest BCUT2D eigenvalue weighted by Gasteiger charge is -2.22. The Hall–Kier alpha value is -1.23. The summed E-state index contributed by atoms with van der Waals surface area (Å²) in [7, 11) is 0. The lowest BCUT2D eigenvalue weighted by molar-refractivity contribution is 0.0950. The highest BCUT2D eigenvalue weighted by molar-refractivity contribution is 7.99. The second kappa shape index (κ2) is 5.40. The molecule has 0 saturated heterocycles. The molecule has 0 saturated carbocycles. The van der Waals surface area contributed by atoms with Crippen LogP contribution in [0.15, 0.2) is 18.2 Å². The van der Waals surface area contributed by atoms with Gasteiger partial charge in [0.2, 0.25) is 0 Å². The third kappa shape index (κ3) is 4.26. The highest BCUT2D eigenvalue weighted by atomic mass is 32.2. The van der Waals surface area contributed by atoms with Gasteiger partial charge in [-0.05, 0) is 38.3 Å². The first kappa shape index (κ1) is 13.8. The second-order valence-electron chi connectivity index (χ2n) is 4.42. The van der Waals surface area contributed by atoms with Gasteiger partial charge >= 0.3 is 0 Å². The van der Waals surface area contributed by atoms with E-state index in [9.17, 15) is 9.18 Å². The molecule has 17 heavy (non-hydrogen) atoms. The van der Waals surface area contributed by atoms with Crippen LogP contribution in [0.4, 0.5) is 10.1 Å². The Bertz CT molecular complexity index is 401. The topological polar surface area (TPSA) is 55.1 Å². The monoisotopic (exact) mass is 256 g/mol. The summed E-state index contributed by atoms with van der Waals surface area (Å²) in [5, 5.41) is 2.76. The van der Waals surface area contributed by atoms with Crippen molar-refractivity contribution in [2.24, 2.45) is 0 Å². The van der Waals surface area contributed by atoms with E-state index in [1.807, 2.05) is 20.1 Å².